The normalized spacial score (nSPS) is 25.6. The molecule has 0 amide bonds. The number of fused-ring (bicyclic) bond motifs is 1. The zero-order valence-corrected chi connectivity index (χ0v) is 11.8. The van der Waals surface area contributed by atoms with Crippen LogP contribution in [0, 0.1) is 10.1 Å². The van der Waals surface area contributed by atoms with Crippen molar-refractivity contribution in [2.24, 2.45) is 5.84 Å². The van der Waals surface area contributed by atoms with Crippen LogP contribution >= 0.6 is 0 Å². The molecule has 2 aliphatic rings. The number of nitro benzene ring substituents is 1. The highest BCUT2D eigenvalue weighted by Gasteiger charge is 2.35. The molecule has 0 aromatic heterocycles. The number of nitrogens with one attached hydrogen (secondary N) is 1. The number of benzene rings is 1. The molecule has 1 aromatic carbocycles. The van der Waals surface area contributed by atoms with E-state index in [2.05, 4.69) is 10.3 Å². The summed E-state index contributed by atoms with van der Waals surface area (Å²) in [5.74, 6) is 5.39. The van der Waals surface area contributed by atoms with E-state index >= 15 is 0 Å². The smallest absolute Gasteiger partial charge is 0.293 e. The fourth-order valence-corrected chi connectivity index (χ4v) is 3.39. The van der Waals surface area contributed by atoms with Gasteiger partial charge in [-0.1, -0.05) is 6.07 Å². The van der Waals surface area contributed by atoms with Crippen molar-refractivity contribution in [2.75, 3.05) is 18.6 Å². The van der Waals surface area contributed by atoms with Crippen molar-refractivity contribution >= 4 is 11.4 Å². The molecular weight excluding hydrogens is 272 g/mol. The van der Waals surface area contributed by atoms with Gasteiger partial charge in [-0.3, -0.25) is 20.9 Å². The molecule has 2 atom stereocenters. The van der Waals surface area contributed by atoms with E-state index in [0.29, 0.717) is 17.8 Å². The van der Waals surface area contributed by atoms with Crippen LogP contribution in [-0.4, -0.2) is 35.1 Å². The highest BCUT2D eigenvalue weighted by molar-refractivity contribution is 5.62. The van der Waals surface area contributed by atoms with Crippen molar-refractivity contribution in [3.63, 3.8) is 0 Å². The van der Waals surface area contributed by atoms with Gasteiger partial charge in [-0.15, -0.1) is 0 Å². The highest BCUT2D eigenvalue weighted by Crippen LogP contribution is 2.31. The molecule has 7 heteroatoms. The lowest BCUT2D eigenvalue weighted by molar-refractivity contribution is -0.384. The van der Waals surface area contributed by atoms with Gasteiger partial charge >= 0.3 is 0 Å². The average molecular weight is 292 g/mol. The van der Waals surface area contributed by atoms with Gasteiger partial charge in [-0.05, 0) is 30.9 Å². The maximum atomic E-state index is 10.9. The summed E-state index contributed by atoms with van der Waals surface area (Å²) < 4.78 is 5.80. The number of nitrogens with two attached hydrogens (primary N) is 1. The Labute approximate surface area is 123 Å². The van der Waals surface area contributed by atoms with Gasteiger partial charge in [0.1, 0.15) is 5.69 Å². The number of hydrogen-bond donors (Lipinski definition) is 2. The van der Waals surface area contributed by atoms with Gasteiger partial charge in [0.05, 0.1) is 17.6 Å². The second-order valence-electron chi connectivity index (χ2n) is 5.63. The van der Waals surface area contributed by atoms with Crippen LogP contribution in [0.15, 0.2) is 18.2 Å². The van der Waals surface area contributed by atoms with E-state index in [-0.39, 0.29) is 5.69 Å². The van der Waals surface area contributed by atoms with Gasteiger partial charge in [0, 0.05) is 25.2 Å². The Balaban J connectivity index is 1.76. The first-order valence-electron chi connectivity index (χ1n) is 7.28. The topological polar surface area (TPSA) is 93.7 Å². The molecule has 21 heavy (non-hydrogen) atoms. The Morgan fingerprint density at radius 1 is 1.48 bits per heavy atom. The number of anilines is 1. The number of morpholine rings is 1. The summed E-state index contributed by atoms with van der Waals surface area (Å²) in [6.45, 7) is 2.44. The molecule has 0 radical (unpaired) electrons. The SMILES string of the molecule is NNc1cc(CN2CCOC3CCCC32)ccc1[N+](=O)[O-]. The number of hydrogen-bond acceptors (Lipinski definition) is 6. The fourth-order valence-electron chi connectivity index (χ4n) is 3.39. The lowest BCUT2D eigenvalue weighted by Gasteiger charge is -2.37. The van der Waals surface area contributed by atoms with Crippen molar-refractivity contribution < 1.29 is 9.66 Å². The van der Waals surface area contributed by atoms with Gasteiger partial charge in [0.25, 0.3) is 5.69 Å². The van der Waals surface area contributed by atoms with Crippen molar-refractivity contribution in [1.29, 1.82) is 0 Å². The van der Waals surface area contributed by atoms with Gasteiger partial charge in [0.15, 0.2) is 0 Å². The second-order valence-corrected chi connectivity index (χ2v) is 5.63. The molecule has 1 saturated heterocycles. The summed E-state index contributed by atoms with van der Waals surface area (Å²) in [5.41, 5.74) is 3.80. The van der Waals surface area contributed by atoms with Gasteiger partial charge in [-0.25, -0.2) is 0 Å². The molecule has 7 nitrogen and oxygen atoms in total. The first-order chi connectivity index (χ1) is 10.2. The molecular formula is C14H20N4O3. The summed E-state index contributed by atoms with van der Waals surface area (Å²) in [4.78, 5) is 12.9. The molecule has 1 aromatic rings. The highest BCUT2D eigenvalue weighted by atomic mass is 16.6. The first-order valence-corrected chi connectivity index (χ1v) is 7.28. The van der Waals surface area contributed by atoms with Gasteiger partial charge in [0.2, 0.25) is 0 Å². The van der Waals surface area contributed by atoms with E-state index in [1.165, 1.54) is 18.9 Å². The minimum absolute atomic E-state index is 0.00182. The Morgan fingerprint density at radius 2 is 2.33 bits per heavy atom. The van der Waals surface area contributed by atoms with E-state index in [1.807, 2.05) is 0 Å². The summed E-state index contributed by atoms with van der Waals surface area (Å²) in [6.07, 6.45) is 3.86. The summed E-state index contributed by atoms with van der Waals surface area (Å²) in [6, 6.07) is 5.55. The lowest BCUT2D eigenvalue weighted by atomic mass is 10.1. The summed E-state index contributed by atoms with van der Waals surface area (Å²) >= 11 is 0. The Bertz CT molecular complexity index is 537. The Hall–Kier alpha value is -1.70. The van der Waals surface area contributed by atoms with Crippen LogP contribution in [0.1, 0.15) is 24.8 Å². The number of nitro groups is 1. The molecule has 1 heterocycles. The van der Waals surface area contributed by atoms with E-state index in [0.717, 1.165) is 31.7 Å². The average Bonchev–Trinajstić information content (AvgIpc) is 2.96. The Kier molecular flexibility index (Phi) is 4.05. The summed E-state index contributed by atoms with van der Waals surface area (Å²) in [5, 5.41) is 10.9. The van der Waals surface area contributed by atoms with Crippen LogP contribution in [0.2, 0.25) is 0 Å². The third-order valence-electron chi connectivity index (χ3n) is 4.40. The number of rotatable bonds is 4. The molecule has 0 spiro atoms. The third kappa shape index (κ3) is 2.85. The zero-order valence-electron chi connectivity index (χ0n) is 11.8. The number of nitrogens with zero attached hydrogens (tertiary/aromatic N) is 2. The van der Waals surface area contributed by atoms with Crippen LogP contribution in [0.5, 0.6) is 0 Å². The molecule has 2 fully saturated rings. The lowest BCUT2D eigenvalue weighted by Crippen LogP contribution is -2.47. The Morgan fingerprint density at radius 3 is 3.10 bits per heavy atom. The van der Waals surface area contributed by atoms with Crippen molar-refractivity contribution in [3.05, 3.63) is 33.9 Å². The van der Waals surface area contributed by atoms with Crippen molar-refractivity contribution in [2.45, 2.75) is 38.0 Å². The van der Waals surface area contributed by atoms with Crippen LogP contribution in [0.3, 0.4) is 0 Å². The minimum atomic E-state index is -0.430. The maximum Gasteiger partial charge on any atom is 0.293 e. The predicted molar refractivity (Wildman–Crippen MR) is 78.7 cm³/mol. The van der Waals surface area contributed by atoms with Gasteiger partial charge in [-0.2, -0.15) is 0 Å². The van der Waals surface area contributed by atoms with Crippen LogP contribution in [-0.2, 0) is 11.3 Å². The van der Waals surface area contributed by atoms with Crippen LogP contribution in [0.25, 0.3) is 0 Å². The first kappa shape index (κ1) is 14.2. The molecule has 3 rings (SSSR count). The molecule has 1 aliphatic heterocycles. The molecule has 1 aliphatic carbocycles. The molecule has 0 bridgehead atoms. The van der Waals surface area contributed by atoms with Gasteiger partial charge < -0.3 is 10.2 Å². The van der Waals surface area contributed by atoms with Crippen molar-refractivity contribution in [3.8, 4) is 0 Å². The quantitative estimate of drug-likeness (QED) is 0.498. The second kappa shape index (κ2) is 5.97. The van der Waals surface area contributed by atoms with Crippen LogP contribution in [0.4, 0.5) is 11.4 Å². The third-order valence-corrected chi connectivity index (χ3v) is 4.40. The number of ether oxygens (including phenoxy) is 1. The van der Waals surface area contributed by atoms with E-state index in [1.54, 1.807) is 12.1 Å². The number of hydrazine groups is 1. The fraction of sp³-hybridized carbons (Fsp3) is 0.571. The van der Waals surface area contributed by atoms with E-state index < -0.39 is 4.92 Å². The molecule has 2 unspecified atom stereocenters. The van der Waals surface area contributed by atoms with E-state index in [4.69, 9.17) is 10.6 Å². The number of nitrogen functional groups attached to an aromatic ring is 1. The molecule has 1 saturated carbocycles. The predicted octanol–water partition coefficient (Wildman–Crippen LogP) is 1.63. The largest absolute Gasteiger partial charge is 0.375 e. The maximum absolute atomic E-state index is 10.9. The van der Waals surface area contributed by atoms with E-state index in [9.17, 15) is 10.1 Å². The summed E-state index contributed by atoms with van der Waals surface area (Å²) in [7, 11) is 0. The monoisotopic (exact) mass is 292 g/mol. The standard InChI is InChI=1S/C14H20N4O3/c15-16-11-8-10(4-5-12(11)18(19)20)9-17-6-7-21-14-3-1-2-13(14)17/h4-5,8,13-14,16H,1-3,6-7,9,15H2. The van der Waals surface area contributed by atoms with Crippen molar-refractivity contribution in [1.82, 2.24) is 4.90 Å². The van der Waals surface area contributed by atoms with Crippen LogP contribution < -0.4 is 11.3 Å². The molecule has 114 valence electrons. The molecule has 3 N–H and O–H groups in total. The minimum Gasteiger partial charge on any atom is -0.375 e. The zero-order chi connectivity index (χ0) is 14.8.